The maximum atomic E-state index is 13.0. The molecule has 6 heteroatoms. The van der Waals surface area contributed by atoms with E-state index >= 15 is 0 Å². The highest BCUT2D eigenvalue weighted by molar-refractivity contribution is 6.46. The molecular formula is C24H24ClNO4. The van der Waals surface area contributed by atoms with Crippen molar-refractivity contribution in [1.82, 2.24) is 4.90 Å². The lowest BCUT2D eigenvalue weighted by Crippen LogP contribution is -2.36. The number of benzene rings is 2. The lowest BCUT2D eigenvalue weighted by Gasteiger charge is -2.27. The van der Waals surface area contributed by atoms with Crippen LogP contribution >= 0.6 is 11.6 Å². The molecule has 5 nitrogen and oxygen atoms in total. The molecule has 2 atom stereocenters. The van der Waals surface area contributed by atoms with Gasteiger partial charge < -0.3 is 14.7 Å². The minimum absolute atomic E-state index is 0.101. The molecule has 0 radical (unpaired) electrons. The molecule has 0 unspecified atom stereocenters. The van der Waals surface area contributed by atoms with E-state index in [2.05, 4.69) is 6.92 Å². The predicted molar refractivity (Wildman–Crippen MR) is 115 cm³/mol. The Hall–Kier alpha value is -2.63. The van der Waals surface area contributed by atoms with E-state index in [1.54, 1.807) is 29.2 Å². The van der Waals surface area contributed by atoms with Crippen molar-refractivity contribution in [2.75, 3.05) is 13.2 Å². The zero-order valence-electron chi connectivity index (χ0n) is 16.8. The quantitative estimate of drug-likeness (QED) is 0.435. The maximum Gasteiger partial charge on any atom is 0.295 e. The first kappa shape index (κ1) is 20.6. The number of amides is 1. The third-order valence-electron chi connectivity index (χ3n) is 5.79. The molecule has 156 valence electrons. The molecule has 30 heavy (non-hydrogen) atoms. The average Bonchev–Trinajstić information content (AvgIpc) is 3.36. The molecule has 0 bridgehead atoms. The molecule has 0 saturated carbocycles. The summed E-state index contributed by atoms with van der Waals surface area (Å²) in [5.74, 6) is -1.47. The largest absolute Gasteiger partial charge is 0.507 e. The number of rotatable bonds is 5. The normalized spacial score (nSPS) is 23.3. The van der Waals surface area contributed by atoms with Crippen LogP contribution in [0.25, 0.3) is 5.76 Å². The standard InChI is InChI=1S/C24H24ClNO4/c1-2-15-5-7-16(8-6-15)21-20(22(27)17-9-11-18(25)12-10-17)23(28)24(29)26(21)14-19-4-3-13-30-19/h5-12,19,21,27H,2-4,13-14H2,1H3/b22-20+/t19-,21+/m1/s1. The van der Waals surface area contributed by atoms with Crippen LogP contribution < -0.4 is 0 Å². The van der Waals surface area contributed by atoms with E-state index in [1.807, 2.05) is 24.3 Å². The summed E-state index contributed by atoms with van der Waals surface area (Å²) in [7, 11) is 0. The van der Waals surface area contributed by atoms with E-state index in [0.717, 1.165) is 30.4 Å². The number of halogens is 1. The second-order valence-corrected chi connectivity index (χ2v) is 8.12. The van der Waals surface area contributed by atoms with Crippen LogP contribution in [0, 0.1) is 0 Å². The Morgan fingerprint density at radius 1 is 1.13 bits per heavy atom. The fourth-order valence-electron chi connectivity index (χ4n) is 4.12. The van der Waals surface area contributed by atoms with Crippen molar-refractivity contribution in [3.63, 3.8) is 0 Å². The Morgan fingerprint density at radius 3 is 2.43 bits per heavy atom. The van der Waals surface area contributed by atoms with Crippen molar-refractivity contribution in [3.8, 4) is 0 Å². The van der Waals surface area contributed by atoms with Gasteiger partial charge in [-0.3, -0.25) is 9.59 Å². The van der Waals surface area contributed by atoms with Gasteiger partial charge in [-0.15, -0.1) is 0 Å². The lowest BCUT2D eigenvalue weighted by atomic mass is 9.94. The first-order chi connectivity index (χ1) is 14.5. The van der Waals surface area contributed by atoms with Crippen molar-refractivity contribution in [2.45, 2.75) is 38.3 Å². The zero-order valence-corrected chi connectivity index (χ0v) is 17.6. The Kier molecular flexibility index (Phi) is 5.93. The second kappa shape index (κ2) is 8.62. The summed E-state index contributed by atoms with van der Waals surface area (Å²) in [5, 5.41) is 11.5. The van der Waals surface area contributed by atoms with Gasteiger partial charge >= 0.3 is 0 Å². The molecule has 0 aliphatic carbocycles. The third-order valence-corrected chi connectivity index (χ3v) is 6.04. The molecule has 4 rings (SSSR count). The Morgan fingerprint density at radius 2 is 1.83 bits per heavy atom. The number of Topliss-reactive ketones (excluding diaryl/α,β-unsaturated/α-hetero) is 1. The van der Waals surface area contributed by atoms with Crippen LogP contribution in [0.4, 0.5) is 0 Å². The topological polar surface area (TPSA) is 66.8 Å². The molecule has 2 heterocycles. The van der Waals surface area contributed by atoms with Crippen molar-refractivity contribution in [1.29, 1.82) is 0 Å². The van der Waals surface area contributed by atoms with Gasteiger partial charge in [0.1, 0.15) is 5.76 Å². The van der Waals surface area contributed by atoms with Crippen LogP contribution in [0.3, 0.4) is 0 Å². The summed E-state index contributed by atoms with van der Waals surface area (Å²) in [6, 6.07) is 13.7. The highest BCUT2D eigenvalue weighted by Gasteiger charge is 2.47. The summed E-state index contributed by atoms with van der Waals surface area (Å²) in [5.41, 5.74) is 2.50. The second-order valence-electron chi connectivity index (χ2n) is 7.69. The Balaban J connectivity index is 1.80. The summed E-state index contributed by atoms with van der Waals surface area (Å²) in [4.78, 5) is 27.5. The average molecular weight is 426 g/mol. The number of ketones is 1. The molecule has 1 amide bonds. The van der Waals surface area contributed by atoms with Crippen LogP contribution in [0.1, 0.15) is 42.5 Å². The predicted octanol–water partition coefficient (Wildman–Crippen LogP) is 4.50. The Bertz CT molecular complexity index is 975. The van der Waals surface area contributed by atoms with Crippen LogP contribution in [0.15, 0.2) is 54.1 Å². The molecule has 2 fully saturated rings. The fraction of sp³-hybridized carbons (Fsp3) is 0.333. The van der Waals surface area contributed by atoms with E-state index in [4.69, 9.17) is 16.3 Å². The number of hydrogen-bond acceptors (Lipinski definition) is 4. The van der Waals surface area contributed by atoms with Gasteiger partial charge in [0.25, 0.3) is 11.7 Å². The number of carbonyl (C=O) groups is 2. The molecule has 1 N–H and O–H groups in total. The lowest BCUT2D eigenvalue weighted by molar-refractivity contribution is -0.140. The summed E-state index contributed by atoms with van der Waals surface area (Å²) in [6.07, 6.45) is 2.58. The third kappa shape index (κ3) is 3.87. The van der Waals surface area contributed by atoms with Crippen molar-refractivity contribution in [2.24, 2.45) is 0 Å². The number of nitrogens with zero attached hydrogens (tertiary/aromatic N) is 1. The first-order valence-corrected chi connectivity index (χ1v) is 10.6. The molecule has 2 aliphatic rings. The van der Waals surface area contributed by atoms with Crippen molar-refractivity contribution >= 4 is 29.1 Å². The van der Waals surface area contributed by atoms with Crippen molar-refractivity contribution in [3.05, 3.63) is 75.8 Å². The molecule has 0 spiro atoms. The number of hydrogen-bond donors (Lipinski definition) is 1. The molecular weight excluding hydrogens is 402 g/mol. The first-order valence-electron chi connectivity index (χ1n) is 10.2. The van der Waals surface area contributed by atoms with Gasteiger partial charge in [0.2, 0.25) is 0 Å². The number of carbonyl (C=O) groups excluding carboxylic acids is 2. The molecule has 0 aromatic heterocycles. The maximum absolute atomic E-state index is 13.0. The number of ether oxygens (including phenoxy) is 1. The Labute approximate surface area is 180 Å². The van der Waals surface area contributed by atoms with Gasteiger partial charge in [0.15, 0.2) is 0 Å². The van der Waals surface area contributed by atoms with Crippen LogP contribution in [0.2, 0.25) is 5.02 Å². The van der Waals surface area contributed by atoms with E-state index in [1.165, 1.54) is 0 Å². The molecule has 2 aromatic rings. The number of aryl methyl sites for hydroxylation is 1. The van der Waals surface area contributed by atoms with Gasteiger partial charge in [0.05, 0.1) is 17.7 Å². The minimum atomic E-state index is -0.676. The van der Waals surface area contributed by atoms with Gasteiger partial charge in [-0.25, -0.2) is 0 Å². The van der Waals surface area contributed by atoms with E-state index in [0.29, 0.717) is 23.7 Å². The number of aliphatic hydroxyl groups excluding tert-OH is 1. The van der Waals surface area contributed by atoms with Gasteiger partial charge in [-0.2, -0.15) is 0 Å². The van der Waals surface area contributed by atoms with Gasteiger partial charge in [0, 0.05) is 23.7 Å². The number of aliphatic hydroxyl groups is 1. The van der Waals surface area contributed by atoms with Crippen molar-refractivity contribution < 1.29 is 19.4 Å². The zero-order chi connectivity index (χ0) is 21.3. The smallest absolute Gasteiger partial charge is 0.295 e. The summed E-state index contributed by atoms with van der Waals surface area (Å²) in [6.45, 7) is 3.05. The van der Waals surface area contributed by atoms with Gasteiger partial charge in [-0.1, -0.05) is 42.8 Å². The monoisotopic (exact) mass is 425 g/mol. The summed E-state index contributed by atoms with van der Waals surface area (Å²) >= 11 is 5.96. The van der Waals surface area contributed by atoms with Crippen LogP contribution in [-0.2, 0) is 20.7 Å². The minimum Gasteiger partial charge on any atom is -0.507 e. The molecule has 2 aromatic carbocycles. The summed E-state index contributed by atoms with van der Waals surface area (Å²) < 4.78 is 5.71. The van der Waals surface area contributed by atoms with Crippen LogP contribution in [0.5, 0.6) is 0 Å². The molecule has 2 saturated heterocycles. The van der Waals surface area contributed by atoms with E-state index in [-0.39, 0.29) is 17.4 Å². The van der Waals surface area contributed by atoms with Gasteiger partial charge in [-0.05, 0) is 54.7 Å². The van der Waals surface area contributed by atoms with E-state index in [9.17, 15) is 14.7 Å². The highest BCUT2D eigenvalue weighted by Crippen LogP contribution is 2.40. The molecule has 2 aliphatic heterocycles. The fourth-order valence-corrected chi connectivity index (χ4v) is 4.25. The number of likely N-dealkylation sites (tertiary alicyclic amines) is 1. The SMILES string of the molecule is CCc1ccc([C@H]2/C(=C(\O)c3ccc(Cl)cc3)C(=O)C(=O)N2C[C@H]2CCCO2)cc1. The highest BCUT2D eigenvalue weighted by atomic mass is 35.5. The van der Waals surface area contributed by atoms with Crippen LogP contribution in [-0.4, -0.2) is 41.0 Å². The van der Waals surface area contributed by atoms with E-state index < -0.39 is 17.7 Å².